The van der Waals surface area contributed by atoms with Crippen molar-refractivity contribution in [3.05, 3.63) is 48.5 Å². The molecule has 0 amide bonds. The third-order valence-corrected chi connectivity index (χ3v) is 5.63. The molecule has 8 nitrogen and oxygen atoms in total. The van der Waals surface area contributed by atoms with Crippen molar-refractivity contribution in [3.63, 3.8) is 0 Å². The van der Waals surface area contributed by atoms with E-state index in [0.717, 1.165) is 12.5 Å². The highest BCUT2D eigenvalue weighted by molar-refractivity contribution is 7.93. The first-order valence-electron chi connectivity index (χ1n) is 8.37. The van der Waals surface area contributed by atoms with Gasteiger partial charge >= 0.3 is 6.61 Å². The number of ether oxygens (including phenoxy) is 2. The number of fused-ring (bicyclic) bond motifs is 3. The predicted octanol–water partition coefficient (Wildman–Crippen LogP) is 3.66. The maximum atomic E-state index is 14.0. The normalized spacial score (nSPS) is 11.9. The van der Waals surface area contributed by atoms with E-state index in [1.54, 1.807) is 24.4 Å². The van der Waals surface area contributed by atoms with Crippen LogP contribution in [0.15, 0.2) is 47.6 Å². The fourth-order valence-electron chi connectivity index (χ4n) is 2.99. The Bertz CT molecular complexity index is 1360. The number of aromatic amines is 1. The van der Waals surface area contributed by atoms with Crippen LogP contribution in [0.1, 0.15) is 0 Å². The highest BCUT2D eigenvalue weighted by Gasteiger charge is 2.24. The van der Waals surface area contributed by atoms with Crippen LogP contribution in [0.2, 0.25) is 0 Å². The number of hydrogen-bond donors (Lipinski definition) is 2. The minimum Gasteiger partial charge on any atom is -0.479 e. The Labute approximate surface area is 167 Å². The van der Waals surface area contributed by atoms with Crippen molar-refractivity contribution in [1.29, 1.82) is 0 Å². The van der Waals surface area contributed by atoms with Crippen molar-refractivity contribution in [2.45, 2.75) is 11.5 Å². The lowest BCUT2D eigenvalue weighted by Gasteiger charge is -2.13. The van der Waals surface area contributed by atoms with E-state index in [1.807, 2.05) is 6.07 Å². The number of rotatable bonds is 6. The van der Waals surface area contributed by atoms with Crippen molar-refractivity contribution < 1.29 is 31.1 Å². The third-order valence-electron chi connectivity index (χ3n) is 4.22. The predicted molar refractivity (Wildman–Crippen MR) is 102 cm³/mol. The van der Waals surface area contributed by atoms with Crippen LogP contribution < -0.4 is 14.2 Å². The molecule has 0 radical (unpaired) electrons. The summed E-state index contributed by atoms with van der Waals surface area (Å²) in [6, 6.07) is 7.56. The molecule has 0 saturated carbocycles. The van der Waals surface area contributed by atoms with Gasteiger partial charge in [0.1, 0.15) is 10.6 Å². The molecule has 0 unspecified atom stereocenters. The molecule has 3 heterocycles. The van der Waals surface area contributed by atoms with Gasteiger partial charge in [0.15, 0.2) is 5.82 Å². The molecule has 0 aliphatic rings. The minimum atomic E-state index is -4.24. The third kappa shape index (κ3) is 3.45. The van der Waals surface area contributed by atoms with Crippen molar-refractivity contribution in [2.24, 2.45) is 0 Å². The molecule has 4 rings (SSSR count). The molecule has 2 N–H and O–H groups in total. The number of nitrogens with one attached hydrogen (secondary N) is 2. The molecule has 30 heavy (non-hydrogen) atoms. The van der Waals surface area contributed by atoms with Crippen molar-refractivity contribution in [2.75, 3.05) is 11.8 Å². The smallest absolute Gasteiger partial charge is 0.388 e. The number of benzene rings is 1. The summed E-state index contributed by atoms with van der Waals surface area (Å²) in [5.74, 6) is -2.75. The van der Waals surface area contributed by atoms with E-state index in [2.05, 4.69) is 24.4 Å². The molecule has 4 aromatic rings. The van der Waals surface area contributed by atoms with E-state index < -0.39 is 34.2 Å². The Balaban J connectivity index is 1.77. The average molecular weight is 438 g/mol. The van der Waals surface area contributed by atoms with Crippen LogP contribution >= 0.6 is 0 Å². The monoisotopic (exact) mass is 438 g/mol. The van der Waals surface area contributed by atoms with Gasteiger partial charge in [-0.05, 0) is 6.07 Å². The maximum Gasteiger partial charge on any atom is 0.388 e. The average Bonchev–Trinajstić information content (AvgIpc) is 3.15. The van der Waals surface area contributed by atoms with E-state index in [1.165, 1.54) is 6.20 Å². The summed E-state index contributed by atoms with van der Waals surface area (Å²) >= 11 is 0. The number of sulfonamides is 1. The first-order valence-corrected chi connectivity index (χ1v) is 9.85. The van der Waals surface area contributed by atoms with Gasteiger partial charge in [0, 0.05) is 29.2 Å². The minimum absolute atomic E-state index is 0.125. The molecule has 0 atom stereocenters. The van der Waals surface area contributed by atoms with Gasteiger partial charge in [-0.3, -0.25) is 9.71 Å². The summed E-state index contributed by atoms with van der Waals surface area (Å²) in [6.07, 6.45) is 2.85. The van der Waals surface area contributed by atoms with E-state index in [4.69, 9.17) is 4.74 Å². The van der Waals surface area contributed by atoms with Crippen LogP contribution in [-0.4, -0.2) is 37.1 Å². The van der Waals surface area contributed by atoms with E-state index in [-0.39, 0.29) is 10.6 Å². The Morgan fingerprint density at radius 2 is 2.00 bits per heavy atom. The lowest BCUT2D eigenvalue weighted by molar-refractivity contribution is -0.0555. The zero-order valence-electron chi connectivity index (χ0n) is 15.2. The SMILES string of the molecule is COc1nc(OC(F)F)c(F)cc1NS(=O)(=O)c1c[nH]c2c1ccc1cccnc12. The molecule has 1 aromatic carbocycles. The number of anilines is 1. The maximum absolute atomic E-state index is 14.0. The second-order valence-corrected chi connectivity index (χ2v) is 7.68. The number of alkyl halides is 2. The second kappa shape index (κ2) is 7.37. The fourth-order valence-corrected chi connectivity index (χ4v) is 4.21. The van der Waals surface area contributed by atoms with Crippen LogP contribution in [0.3, 0.4) is 0 Å². The number of nitrogens with zero attached hydrogens (tertiary/aromatic N) is 2. The number of aromatic nitrogens is 3. The summed E-state index contributed by atoms with van der Waals surface area (Å²) in [7, 11) is -3.12. The van der Waals surface area contributed by atoms with Gasteiger partial charge in [-0.15, -0.1) is 0 Å². The van der Waals surface area contributed by atoms with Gasteiger partial charge in [0.25, 0.3) is 15.9 Å². The molecule has 156 valence electrons. The highest BCUT2D eigenvalue weighted by Crippen LogP contribution is 2.33. The summed E-state index contributed by atoms with van der Waals surface area (Å²) in [6.45, 7) is -3.31. The van der Waals surface area contributed by atoms with Gasteiger partial charge in [-0.1, -0.05) is 18.2 Å². The van der Waals surface area contributed by atoms with Crippen molar-refractivity contribution in [1.82, 2.24) is 15.0 Å². The first-order chi connectivity index (χ1) is 14.3. The van der Waals surface area contributed by atoms with Crippen molar-refractivity contribution >= 4 is 37.5 Å². The molecule has 0 bridgehead atoms. The lowest BCUT2D eigenvalue weighted by Crippen LogP contribution is -2.15. The van der Waals surface area contributed by atoms with Gasteiger partial charge in [-0.25, -0.2) is 12.8 Å². The number of methoxy groups -OCH3 is 1. The van der Waals surface area contributed by atoms with Gasteiger partial charge < -0.3 is 14.5 Å². The van der Waals surface area contributed by atoms with Gasteiger partial charge in [-0.2, -0.15) is 13.8 Å². The molecule has 0 aliphatic carbocycles. The number of H-pyrrole nitrogens is 1. The van der Waals surface area contributed by atoms with E-state index >= 15 is 0 Å². The molecular formula is C18H13F3N4O4S. The molecule has 0 saturated heterocycles. The zero-order valence-corrected chi connectivity index (χ0v) is 16.0. The summed E-state index contributed by atoms with van der Waals surface area (Å²) < 4.78 is 75.7. The number of halogens is 3. The van der Waals surface area contributed by atoms with Gasteiger partial charge in [0.2, 0.25) is 5.88 Å². The Kier molecular flexibility index (Phi) is 4.86. The second-order valence-electron chi connectivity index (χ2n) is 6.03. The van der Waals surface area contributed by atoms with Crippen LogP contribution in [0.25, 0.3) is 21.8 Å². The summed E-state index contributed by atoms with van der Waals surface area (Å²) in [4.78, 5) is 10.5. The van der Waals surface area contributed by atoms with Crippen molar-refractivity contribution in [3.8, 4) is 11.8 Å². The number of hydrogen-bond acceptors (Lipinski definition) is 6. The van der Waals surface area contributed by atoms with Crippen LogP contribution in [0.4, 0.5) is 18.9 Å². The zero-order chi connectivity index (χ0) is 21.5. The van der Waals surface area contributed by atoms with E-state index in [9.17, 15) is 21.6 Å². The summed E-state index contributed by atoms with van der Waals surface area (Å²) in [5, 5.41) is 1.17. The molecule has 3 aromatic heterocycles. The topological polar surface area (TPSA) is 106 Å². The molecular weight excluding hydrogens is 425 g/mol. The fraction of sp³-hybridized carbons (Fsp3) is 0.111. The van der Waals surface area contributed by atoms with Gasteiger partial charge in [0.05, 0.1) is 18.1 Å². The van der Waals surface area contributed by atoms with E-state index in [0.29, 0.717) is 22.5 Å². The van der Waals surface area contributed by atoms with Crippen LogP contribution in [-0.2, 0) is 10.0 Å². The molecule has 0 spiro atoms. The number of pyridine rings is 2. The lowest BCUT2D eigenvalue weighted by atomic mass is 10.1. The Morgan fingerprint density at radius 3 is 2.73 bits per heavy atom. The summed E-state index contributed by atoms with van der Waals surface area (Å²) in [5.41, 5.74) is 0.700. The largest absolute Gasteiger partial charge is 0.479 e. The highest BCUT2D eigenvalue weighted by atomic mass is 32.2. The molecule has 12 heteroatoms. The van der Waals surface area contributed by atoms with Crippen LogP contribution in [0.5, 0.6) is 11.8 Å². The van der Waals surface area contributed by atoms with Crippen LogP contribution in [0, 0.1) is 5.82 Å². The Morgan fingerprint density at radius 1 is 1.20 bits per heavy atom. The molecule has 0 fully saturated rings. The first kappa shape index (κ1) is 19.8. The standard InChI is InChI=1S/C18H13F3N4O4S/c1-28-17-12(7-11(19)16(24-17)29-18(20)21)25-30(26,27)13-8-23-15-10(13)5-4-9-3-2-6-22-14(9)15/h2-8,18,23,25H,1H3. The quantitative estimate of drug-likeness (QED) is 0.476. The molecule has 0 aliphatic heterocycles. The Hall–Kier alpha value is -3.54.